The van der Waals surface area contributed by atoms with Gasteiger partial charge in [0.1, 0.15) is 10.8 Å². The maximum atomic E-state index is 12.5. The van der Waals surface area contributed by atoms with Gasteiger partial charge in [-0.05, 0) is 24.3 Å². The van der Waals surface area contributed by atoms with E-state index in [4.69, 9.17) is 9.72 Å². The Hall–Kier alpha value is -2.90. The first-order valence-corrected chi connectivity index (χ1v) is 10.5. The lowest BCUT2D eigenvalue weighted by molar-refractivity contribution is 0.142. The molecular formula is C22H24N4O2S. The van der Waals surface area contributed by atoms with Crippen LogP contribution in [0.3, 0.4) is 0 Å². The molecule has 1 saturated heterocycles. The molecule has 2 amide bonds. The zero-order valence-electron chi connectivity index (χ0n) is 16.4. The van der Waals surface area contributed by atoms with Gasteiger partial charge in [0.15, 0.2) is 0 Å². The van der Waals surface area contributed by atoms with E-state index in [2.05, 4.69) is 27.7 Å². The Morgan fingerprint density at radius 3 is 2.48 bits per heavy atom. The largest absolute Gasteiger partial charge is 0.497 e. The fraction of sp³-hybridized carbons (Fsp3) is 0.273. The molecule has 150 valence electrons. The summed E-state index contributed by atoms with van der Waals surface area (Å²) in [4.78, 5) is 21.5. The third-order valence-electron chi connectivity index (χ3n) is 4.96. The van der Waals surface area contributed by atoms with Crippen LogP contribution in [0.1, 0.15) is 5.69 Å². The number of ether oxygens (including phenoxy) is 1. The van der Waals surface area contributed by atoms with Crippen LogP contribution < -0.4 is 10.1 Å². The van der Waals surface area contributed by atoms with Crippen LogP contribution in [-0.4, -0.2) is 54.1 Å². The van der Waals surface area contributed by atoms with Crippen molar-refractivity contribution >= 4 is 23.1 Å². The summed E-state index contributed by atoms with van der Waals surface area (Å²) in [7, 11) is 1.63. The van der Waals surface area contributed by atoms with Gasteiger partial charge in [-0.1, -0.05) is 30.3 Å². The van der Waals surface area contributed by atoms with Gasteiger partial charge in [-0.2, -0.15) is 0 Å². The minimum absolute atomic E-state index is 0.0603. The highest BCUT2D eigenvalue weighted by molar-refractivity contribution is 7.13. The second-order valence-corrected chi connectivity index (χ2v) is 7.79. The molecule has 1 aromatic heterocycles. The van der Waals surface area contributed by atoms with Crippen molar-refractivity contribution in [1.82, 2.24) is 14.8 Å². The Morgan fingerprint density at radius 2 is 1.79 bits per heavy atom. The summed E-state index contributed by atoms with van der Waals surface area (Å²) in [6.07, 6.45) is 0. The Labute approximate surface area is 174 Å². The number of nitrogens with zero attached hydrogens (tertiary/aromatic N) is 3. The van der Waals surface area contributed by atoms with Gasteiger partial charge >= 0.3 is 6.03 Å². The lowest BCUT2D eigenvalue weighted by Crippen LogP contribution is -2.49. The molecule has 1 aliphatic rings. The molecule has 0 atom stereocenters. The normalized spacial score (nSPS) is 14.6. The number of amides is 2. The number of carbonyl (C=O) groups is 1. The molecule has 0 saturated carbocycles. The third-order valence-corrected chi connectivity index (χ3v) is 5.90. The maximum Gasteiger partial charge on any atom is 0.321 e. The van der Waals surface area contributed by atoms with E-state index in [0.717, 1.165) is 47.3 Å². The van der Waals surface area contributed by atoms with Crippen molar-refractivity contribution in [2.45, 2.75) is 6.54 Å². The highest BCUT2D eigenvalue weighted by Crippen LogP contribution is 2.24. The van der Waals surface area contributed by atoms with Crippen LogP contribution in [0.15, 0.2) is 60.0 Å². The topological polar surface area (TPSA) is 57.7 Å². The number of nitrogens with one attached hydrogen (secondary N) is 1. The smallest absolute Gasteiger partial charge is 0.321 e. The standard InChI is InChI=1S/C22H24N4O2S/c1-28-20-9-7-18(8-10-20)24-22(27)26-13-11-25(12-14-26)15-19-16-29-21(23-19)17-5-3-2-4-6-17/h2-10,16H,11-15H2,1H3,(H,24,27). The van der Waals surface area contributed by atoms with E-state index in [1.54, 1.807) is 18.4 Å². The fourth-order valence-corrected chi connectivity index (χ4v) is 4.13. The number of hydrogen-bond acceptors (Lipinski definition) is 5. The molecule has 0 aliphatic carbocycles. The van der Waals surface area contributed by atoms with Crippen LogP contribution in [-0.2, 0) is 6.54 Å². The lowest BCUT2D eigenvalue weighted by atomic mass is 10.2. The molecule has 1 N–H and O–H groups in total. The number of methoxy groups -OCH3 is 1. The van der Waals surface area contributed by atoms with E-state index in [1.807, 2.05) is 47.4 Å². The molecule has 0 unspecified atom stereocenters. The van der Waals surface area contributed by atoms with E-state index < -0.39 is 0 Å². The molecule has 0 radical (unpaired) electrons. The number of benzene rings is 2. The SMILES string of the molecule is COc1ccc(NC(=O)N2CCN(Cc3csc(-c4ccccc4)n3)CC2)cc1. The van der Waals surface area contributed by atoms with Crippen LogP contribution in [0.25, 0.3) is 10.6 Å². The zero-order valence-corrected chi connectivity index (χ0v) is 17.2. The van der Waals surface area contributed by atoms with Gasteiger partial charge in [-0.15, -0.1) is 11.3 Å². The lowest BCUT2D eigenvalue weighted by Gasteiger charge is -2.34. The number of carbonyl (C=O) groups excluding carboxylic acids is 1. The molecule has 1 fully saturated rings. The zero-order chi connectivity index (χ0) is 20.1. The Kier molecular flexibility index (Phi) is 6.07. The molecule has 29 heavy (non-hydrogen) atoms. The molecule has 6 nitrogen and oxygen atoms in total. The predicted molar refractivity (Wildman–Crippen MR) is 116 cm³/mol. The van der Waals surface area contributed by atoms with Crippen LogP contribution in [0.5, 0.6) is 5.75 Å². The van der Waals surface area contributed by atoms with Gasteiger partial charge in [0.2, 0.25) is 0 Å². The minimum atomic E-state index is -0.0603. The molecule has 1 aliphatic heterocycles. The number of hydrogen-bond donors (Lipinski definition) is 1. The number of piperazine rings is 1. The molecule has 4 rings (SSSR count). The first kappa shape index (κ1) is 19.4. The molecule has 0 spiro atoms. The van der Waals surface area contributed by atoms with Gasteiger partial charge in [0.25, 0.3) is 0 Å². The van der Waals surface area contributed by atoms with E-state index >= 15 is 0 Å². The van der Waals surface area contributed by atoms with E-state index in [1.165, 1.54) is 0 Å². The Morgan fingerprint density at radius 1 is 1.07 bits per heavy atom. The predicted octanol–water partition coefficient (Wildman–Crippen LogP) is 4.17. The molecule has 2 aromatic carbocycles. The van der Waals surface area contributed by atoms with Gasteiger partial charge in [-0.3, -0.25) is 4.90 Å². The van der Waals surface area contributed by atoms with Gasteiger partial charge < -0.3 is 15.0 Å². The number of aromatic nitrogens is 1. The summed E-state index contributed by atoms with van der Waals surface area (Å²) in [6, 6.07) is 17.6. The molecular weight excluding hydrogens is 384 g/mol. The van der Waals surface area contributed by atoms with Crippen molar-refractivity contribution < 1.29 is 9.53 Å². The summed E-state index contributed by atoms with van der Waals surface area (Å²) in [5, 5.41) is 6.14. The van der Waals surface area contributed by atoms with Gasteiger partial charge in [0, 0.05) is 49.4 Å². The van der Waals surface area contributed by atoms with Crippen molar-refractivity contribution in [3.8, 4) is 16.3 Å². The monoisotopic (exact) mass is 408 g/mol. The number of anilines is 1. The maximum absolute atomic E-state index is 12.5. The summed E-state index contributed by atoms with van der Waals surface area (Å²) >= 11 is 1.68. The van der Waals surface area contributed by atoms with Gasteiger partial charge in [0.05, 0.1) is 12.8 Å². The minimum Gasteiger partial charge on any atom is -0.497 e. The fourth-order valence-electron chi connectivity index (χ4n) is 3.31. The van der Waals surface area contributed by atoms with E-state index in [9.17, 15) is 4.79 Å². The van der Waals surface area contributed by atoms with E-state index in [-0.39, 0.29) is 6.03 Å². The van der Waals surface area contributed by atoms with Crippen LogP contribution in [0, 0.1) is 0 Å². The highest BCUT2D eigenvalue weighted by Gasteiger charge is 2.22. The number of rotatable bonds is 5. The molecule has 2 heterocycles. The van der Waals surface area contributed by atoms with Crippen molar-refractivity contribution in [2.24, 2.45) is 0 Å². The third kappa shape index (κ3) is 4.93. The van der Waals surface area contributed by atoms with Crippen molar-refractivity contribution in [1.29, 1.82) is 0 Å². The number of thiazole rings is 1. The summed E-state index contributed by atoms with van der Waals surface area (Å²) in [6.45, 7) is 3.91. The highest BCUT2D eigenvalue weighted by atomic mass is 32.1. The van der Waals surface area contributed by atoms with Gasteiger partial charge in [-0.25, -0.2) is 9.78 Å². The van der Waals surface area contributed by atoms with E-state index in [0.29, 0.717) is 13.1 Å². The summed E-state index contributed by atoms with van der Waals surface area (Å²) < 4.78 is 5.14. The van der Waals surface area contributed by atoms with Crippen molar-refractivity contribution in [3.05, 3.63) is 65.7 Å². The Balaban J connectivity index is 1.27. The molecule has 0 bridgehead atoms. The first-order valence-electron chi connectivity index (χ1n) is 9.63. The average molecular weight is 409 g/mol. The van der Waals surface area contributed by atoms with Crippen LogP contribution in [0.4, 0.5) is 10.5 Å². The first-order chi connectivity index (χ1) is 14.2. The summed E-state index contributed by atoms with van der Waals surface area (Å²) in [5.74, 6) is 0.772. The quantitative estimate of drug-likeness (QED) is 0.688. The summed E-state index contributed by atoms with van der Waals surface area (Å²) in [5.41, 5.74) is 3.02. The second kappa shape index (κ2) is 9.07. The van der Waals surface area contributed by atoms with Crippen molar-refractivity contribution in [3.63, 3.8) is 0 Å². The molecule has 7 heteroatoms. The van der Waals surface area contributed by atoms with Crippen LogP contribution >= 0.6 is 11.3 Å². The average Bonchev–Trinajstić information content (AvgIpc) is 3.24. The number of urea groups is 1. The van der Waals surface area contributed by atoms with Crippen molar-refractivity contribution in [2.75, 3.05) is 38.6 Å². The van der Waals surface area contributed by atoms with Crippen LogP contribution in [0.2, 0.25) is 0 Å². The Bertz CT molecular complexity index is 935. The molecule has 3 aromatic rings. The second-order valence-electron chi connectivity index (χ2n) is 6.93.